The lowest BCUT2D eigenvalue weighted by molar-refractivity contribution is 0.186. The molecule has 0 saturated carbocycles. The van der Waals surface area contributed by atoms with Gasteiger partial charge in [0.2, 0.25) is 0 Å². The van der Waals surface area contributed by atoms with E-state index in [1.54, 1.807) is 19.6 Å². The third kappa shape index (κ3) is 6.04. The van der Waals surface area contributed by atoms with E-state index < -0.39 is 9.73 Å². The van der Waals surface area contributed by atoms with Crippen molar-refractivity contribution in [2.24, 2.45) is 4.36 Å². The predicted molar refractivity (Wildman–Crippen MR) is 43.8 cm³/mol. The van der Waals surface area contributed by atoms with Crippen LogP contribution in [0.25, 0.3) is 0 Å². The molecule has 0 radical (unpaired) electrons. The summed E-state index contributed by atoms with van der Waals surface area (Å²) in [6.45, 7) is 2.43. The minimum atomic E-state index is -1.95. The van der Waals surface area contributed by atoms with Gasteiger partial charge >= 0.3 is 0 Å². The van der Waals surface area contributed by atoms with E-state index in [2.05, 4.69) is 4.36 Å². The molecule has 1 atom stereocenters. The van der Waals surface area contributed by atoms with Gasteiger partial charge in [-0.15, -0.1) is 0 Å². The van der Waals surface area contributed by atoms with E-state index in [-0.39, 0.29) is 6.04 Å². The van der Waals surface area contributed by atoms with Crippen molar-refractivity contribution in [2.45, 2.75) is 13.0 Å². The van der Waals surface area contributed by atoms with E-state index in [0.717, 1.165) is 0 Å². The number of nitrogens with zero attached hydrogens (tertiary/aromatic N) is 1. The van der Waals surface area contributed by atoms with Crippen LogP contribution in [-0.4, -0.2) is 36.5 Å². The summed E-state index contributed by atoms with van der Waals surface area (Å²) >= 11 is 0. The van der Waals surface area contributed by atoms with Gasteiger partial charge in [0.25, 0.3) is 0 Å². The van der Waals surface area contributed by atoms with Crippen LogP contribution in [0.5, 0.6) is 0 Å². The first kappa shape index (κ1) is 9.91. The SMILES string of the molecule is COC[C@H](C)N=S(C)(C)=O. The van der Waals surface area contributed by atoms with Crippen molar-refractivity contribution < 1.29 is 8.95 Å². The molecule has 62 valence electrons. The molecule has 0 aliphatic heterocycles. The molecular weight excluding hydrogens is 150 g/mol. The van der Waals surface area contributed by atoms with Crippen LogP contribution >= 0.6 is 0 Å². The van der Waals surface area contributed by atoms with Crippen LogP contribution in [0, 0.1) is 0 Å². The van der Waals surface area contributed by atoms with E-state index in [1.165, 1.54) is 0 Å². The molecule has 0 unspecified atom stereocenters. The van der Waals surface area contributed by atoms with Crippen molar-refractivity contribution >= 4 is 9.73 Å². The Morgan fingerprint density at radius 1 is 1.60 bits per heavy atom. The lowest BCUT2D eigenvalue weighted by Crippen LogP contribution is -2.09. The van der Waals surface area contributed by atoms with Gasteiger partial charge in [-0.2, -0.15) is 0 Å². The third-order valence-corrected chi connectivity index (χ3v) is 1.71. The summed E-state index contributed by atoms with van der Waals surface area (Å²) in [6.07, 6.45) is 3.25. The van der Waals surface area contributed by atoms with Crippen LogP contribution in [0.1, 0.15) is 6.92 Å². The zero-order valence-corrected chi connectivity index (χ0v) is 7.77. The number of hydrogen-bond acceptors (Lipinski definition) is 3. The summed E-state index contributed by atoms with van der Waals surface area (Å²) in [4.78, 5) is 0. The van der Waals surface area contributed by atoms with Crippen molar-refractivity contribution in [1.82, 2.24) is 0 Å². The second kappa shape index (κ2) is 3.93. The first-order valence-electron chi connectivity index (χ1n) is 3.11. The number of hydrogen-bond donors (Lipinski definition) is 0. The molecule has 0 spiro atoms. The smallest absolute Gasteiger partial charge is 0.0799 e. The highest BCUT2D eigenvalue weighted by Gasteiger charge is 1.98. The summed E-state index contributed by atoms with van der Waals surface area (Å²) in [5, 5.41) is 0. The molecule has 0 heterocycles. The number of rotatable bonds is 3. The molecule has 0 aromatic heterocycles. The molecule has 0 rings (SSSR count). The van der Waals surface area contributed by atoms with Gasteiger partial charge in [-0.1, -0.05) is 0 Å². The summed E-state index contributed by atoms with van der Waals surface area (Å²) in [5.41, 5.74) is 0. The van der Waals surface area contributed by atoms with Gasteiger partial charge in [0.15, 0.2) is 0 Å². The van der Waals surface area contributed by atoms with Gasteiger partial charge in [0.1, 0.15) is 0 Å². The lowest BCUT2D eigenvalue weighted by Gasteiger charge is -2.04. The molecule has 0 bridgehead atoms. The molecule has 0 saturated heterocycles. The van der Waals surface area contributed by atoms with Crippen molar-refractivity contribution in [3.05, 3.63) is 0 Å². The third-order valence-electron chi connectivity index (χ3n) is 0.842. The zero-order valence-electron chi connectivity index (χ0n) is 6.96. The summed E-state index contributed by atoms with van der Waals surface area (Å²) < 4.78 is 19.9. The van der Waals surface area contributed by atoms with Crippen LogP contribution in [-0.2, 0) is 14.5 Å². The van der Waals surface area contributed by atoms with Crippen molar-refractivity contribution in [3.63, 3.8) is 0 Å². The van der Waals surface area contributed by atoms with Crippen molar-refractivity contribution in [2.75, 3.05) is 26.2 Å². The molecule has 0 amide bonds. The van der Waals surface area contributed by atoms with Crippen LogP contribution < -0.4 is 0 Å². The highest BCUT2D eigenvalue weighted by atomic mass is 32.2. The lowest BCUT2D eigenvalue weighted by atomic mass is 10.4. The molecule has 0 fully saturated rings. The van der Waals surface area contributed by atoms with Gasteiger partial charge in [0, 0.05) is 29.4 Å². The molecule has 0 N–H and O–H groups in total. The molecule has 0 aromatic carbocycles. The quantitative estimate of drug-likeness (QED) is 0.619. The van der Waals surface area contributed by atoms with E-state index in [0.29, 0.717) is 6.61 Å². The fourth-order valence-electron chi connectivity index (χ4n) is 0.705. The van der Waals surface area contributed by atoms with E-state index in [9.17, 15) is 4.21 Å². The van der Waals surface area contributed by atoms with E-state index in [1.807, 2.05) is 6.92 Å². The fraction of sp³-hybridized carbons (Fsp3) is 1.00. The van der Waals surface area contributed by atoms with Crippen LogP contribution in [0.3, 0.4) is 0 Å². The molecule has 0 aliphatic carbocycles. The first-order chi connectivity index (χ1) is 4.45. The average molecular weight is 165 g/mol. The summed E-state index contributed by atoms with van der Waals surface area (Å²) in [5.74, 6) is 0. The molecule has 3 nitrogen and oxygen atoms in total. The Bertz CT molecular complexity index is 186. The van der Waals surface area contributed by atoms with Crippen LogP contribution in [0.15, 0.2) is 4.36 Å². The number of methoxy groups -OCH3 is 1. The fourth-order valence-corrected chi connectivity index (χ4v) is 1.63. The summed E-state index contributed by atoms with van der Waals surface area (Å²) in [7, 11) is -0.340. The van der Waals surface area contributed by atoms with Crippen LogP contribution in [0.4, 0.5) is 0 Å². The standard InChI is InChI=1S/C6H15NO2S/c1-6(5-9-2)7-10(3,4)8/h6H,5H2,1-4H3/t6-/m0/s1. The van der Waals surface area contributed by atoms with E-state index >= 15 is 0 Å². The minimum Gasteiger partial charge on any atom is -0.382 e. The molecule has 4 heteroatoms. The second-order valence-electron chi connectivity index (χ2n) is 2.59. The highest BCUT2D eigenvalue weighted by molar-refractivity contribution is 7.92. The first-order valence-corrected chi connectivity index (χ1v) is 5.44. The second-order valence-corrected chi connectivity index (χ2v) is 5.16. The molecular formula is C6H15NO2S. The normalized spacial score (nSPS) is 14.8. The van der Waals surface area contributed by atoms with Gasteiger partial charge in [-0.3, -0.25) is 4.21 Å². The predicted octanol–water partition coefficient (Wildman–Crippen LogP) is 0.749. The maximum atomic E-state index is 11.0. The molecule has 10 heavy (non-hydrogen) atoms. The number of ether oxygens (including phenoxy) is 1. The van der Waals surface area contributed by atoms with Gasteiger partial charge in [-0.05, 0) is 6.92 Å². The van der Waals surface area contributed by atoms with Gasteiger partial charge in [0.05, 0.1) is 12.6 Å². The monoisotopic (exact) mass is 165 g/mol. The molecule has 0 aliphatic rings. The van der Waals surface area contributed by atoms with Gasteiger partial charge in [-0.25, -0.2) is 4.36 Å². The average Bonchev–Trinajstić information content (AvgIpc) is 1.59. The Morgan fingerprint density at radius 2 is 2.10 bits per heavy atom. The van der Waals surface area contributed by atoms with E-state index in [4.69, 9.17) is 4.74 Å². The Balaban J connectivity index is 4.01. The Kier molecular flexibility index (Phi) is 3.89. The van der Waals surface area contributed by atoms with Crippen molar-refractivity contribution in [1.29, 1.82) is 0 Å². The zero-order chi connectivity index (χ0) is 8.20. The van der Waals surface area contributed by atoms with Crippen molar-refractivity contribution in [3.8, 4) is 0 Å². The Labute approximate surface area is 63.0 Å². The Morgan fingerprint density at radius 3 is 2.40 bits per heavy atom. The van der Waals surface area contributed by atoms with Crippen LogP contribution in [0.2, 0.25) is 0 Å². The molecule has 0 aromatic rings. The maximum Gasteiger partial charge on any atom is 0.0799 e. The highest BCUT2D eigenvalue weighted by Crippen LogP contribution is 1.94. The summed E-state index contributed by atoms with van der Waals surface area (Å²) in [6, 6.07) is 0.0347. The topological polar surface area (TPSA) is 38.7 Å². The maximum absolute atomic E-state index is 11.0. The Hall–Kier alpha value is -0.0900. The minimum absolute atomic E-state index is 0.0347. The largest absolute Gasteiger partial charge is 0.382 e. The van der Waals surface area contributed by atoms with Gasteiger partial charge < -0.3 is 4.74 Å².